The van der Waals surface area contributed by atoms with Crippen LogP contribution in [0.3, 0.4) is 0 Å². The normalized spacial score (nSPS) is 36.5. The Hall–Kier alpha value is -3.03. The maximum atomic E-state index is 13.7. The molecule has 10 heteroatoms. The smallest absolute Gasteiger partial charge is 0.306 e. The summed E-state index contributed by atoms with van der Waals surface area (Å²) in [6.45, 7) is 8.23. The zero-order valence-electron chi connectivity index (χ0n) is 24.5. The van der Waals surface area contributed by atoms with Gasteiger partial charge < -0.3 is 9.84 Å². The van der Waals surface area contributed by atoms with E-state index < -0.39 is 29.0 Å². The van der Waals surface area contributed by atoms with E-state index in [1.54, 1.807) is 17.7 Å². The third kappa shape index (κ3) is 4.10. The summed E-state index contributed by atoms with van der Waals surface area (Å²) in [7, 11) is 0. The molecule has 0 bridgehead atoms. The number of ether oxygens (including phenoxy) is 1. The molecule has 0 aromatic carbocycles. The van der Waals surface area contributed by atoms with Crippen molar-refractivity contribution in [1.29, 1.82) is 5.26 Å². The Labute approximate surface area is 249 Å². The first-order chi connectivity index (χ1) is 20.0. The molecule has 0 radical (unpaired) electrons. The van der Waals surface area contributed by atoms with Crippen LogP contribution < -0.4 is 0 Å². The van der Waals surface area contributed by atoms with Gasteiger partial charge in [-0.1, -0.05) is 45.0 Å². The first-order valence-corrected chi connectivity index (χ1v) is 15.8. The van der Waals surface area contributed by atoms with E-state index in [-0.39, 0.29) is 46.4 Å². The number of rotatable bonds is 5. The van der Waals surface area contributed by atoms with Gasteiger partial charge in [0, 0.05) is 11.8 Å². The fourth-order valence-electron chi connectivity index (χ4n) is 9.34. The van der Waals surface area contributed by atoms with Crippen LogP contribution in [0.4, 0.5) is 4.39 Å². The highest BCUT2D eigenvalue weighted by Crippen LogP contribution is 2.69. The SMILES string of the molecule is CCC(=O)O[C@]1(C(=O)SCC#N)CC[C@H]2[C@@H]3C[C@H](C)C4=Cc5c(cnn5-c5ccc(F)nc5)C[C@]4(C)[C@H]3[C@@H](O)C[C@@]21C. The molecule has 0 aliphatic heterocycles. The molecular formula is C32H37FN4O4S. The number of allylic oxidation sites excluding steroid dienone is 1. The lowest BCUT2D eigenvalue weighted by Gasteiger charge is -2.61. The quantitative estimate of drug-likeness (QED) is 0.368. The zero-order chi connectivity index (χ0) is 30.0. The molecule has 1 N–H and O–H groups in total. The van der Waals surface area contributed by atoms with Crippen LogP contribution in [0.2, 0.25) is 0 Å². The molecule has 222 valence electrons. The molecular weight excluding hydrogens is 555 g/mol. The Bertz CT molecular complexity index is 1500. The van der Waals surface area contributed by atoms with Crippen LogP contribution in [0.25, 0.3) is 11.8 Å². The predicted octanol–water partition coefficient (Wildman–Crippen LogP) is 5.28. The first-order valence-electron chi connectivity index (χ1n) is 14.8. The van der Waals surface area contributed by atoms with E-state index >= 15 is 0 Å². The third-order valence-electron chi connectivity index (χ3n) is 11.0. The third-order valence-corrected chi connectivity index (χ3v) is 11.9. The van der Waals surface area contributed by atoms with Gasteiger partial charge in [-0.15, -0.1) is 0 Å². The number of hydrogen-bond acceptors (Lipinski definition) is 8. The van der Waals surface area contributed by atoms with Crippen molar-refractivity contribution < 1.29 is 23.8 Å². The number of hydrogen-bond donors (Lipinski definition) is 1. The van der Waals surface area contributed by atoms with Crippen molar-refractivity contribution in [3.8, 4) is 11.8 Å². The second-order valence-electron chi connectivity index (χ2n) is 13.0. The van der Waals surface area contributed by atoms with Gasteiger partial charge in [0.15, 0.2) is 5.60 Å². The van der Waals surface area contributed by atoms with Crippen molar-refractivity contribution in [3.05, 3.63) is 47.3 Å². The van der Waals surface area contributed by atoms with Gasteiger partial charge in [-0.3, -0.25) is 9.59 Å². The monoisotopic (exact) mass is 592 g/mol. The molecule has 8 nitrogen and oxygen atoms in total. The Morgan fingerprint density at radius 2 is 2.10 bits per heavy atom. The molecule has 0 amide bonds. The van der Waals surface area contributed by atoms with Crippen molar-refractivity contribution >= 4 is 28.9 Å². The number of aromatic nitrogens is 3. The summed E-state index contributed by atoms with van der Waals surface area (Å²) in [6, 6.07) is 5.03. The Morgan fingerprint density at radius 1 is 1.31 bits per heavy atom. The van der Waals surface area contributed by atoms with Crippen LogP contribution in [-0.2, 0) is 20.7 Å². The number of thioether (sulfide) groups is 1. The van der Waals surface area contributed by atoms with Gasteiger partial charge in [-0.2, -0.15) is 14.8 Å². The van der Waals surface area contributed by atoms with E-state index in [9.17, 15) is 24.3 Å². The van der Waals surface area contributed by atoms with Gasteiger partial charge in [0.2, 0.25) is 11.1 Å². The summed E-state index contributed by atoms with van der Waals surface area (Å²) < 4.78 is 21.4. The van der Waals surface area contributed by atoms with Crippen LogP contribution in [0.15, 0.2) is 30.1 Å². The molecule has 3 saturated carbocycles. The molecule has 0 spiro atoms. The van der Waals surface area contributed by atoms with Gasteiger partial charge in [0.05, 0.1) is 41.7 Å². The second-order valence-corrected chi connectivity index (χ2v) is 14.0. The Morgan fingerprint density at radius 3 is 2.79 bits per heavy atom. The van der Waals surface area contributed by atoms with Crippen molar-refractivity contribution in [1.82, 2.24) is 14.8 Å². The Balaban J connectivity index is 1.38. The standard InChI is InChI=1S/C32H37FN4O4S/c1-5-27(39)41-32(29(40)42-11-10-34)9-8-22-21-12-18(2)23-13-24-19(16-36-37(24)20-6-7-26(33)35-17-20)14-30(23,3)28(21)25(38)15-31(22,32)4/h6-7,13,16-18,21-22,25,28,38H,5,8-9,11-12,14-15H2,1-4H3/t18-,21-,22-,25-,28+,30-,31-,32-/m0/s1. The minimum absolute atomic E-state index is 0.00707. The molecule has 4 aliphatic rings. The van der Waals surface area contributed by atoms with Gasteiger partial charge >= 0.3 is 5.97 Å². The molecule has 6 rings (SSSR count). The first kappa shape index (κ1) is 29.1. The summed E-state index contributed by atoms with van der Waals surface area (Å²) >= 11 is 0.919. The summed E-state index contributed by atoms with van der Waals surface area (Å²) in [5.74, 6) is -0.593. The van der Waals surface area contributed by atoms with Crippen LogP contribution >= 0.6 is 11.8 Å². The van der Waals surface area contributed by atoms with Crippen LogP contribution in [-0.4, -0.2) is 48.4 Å². The number of fused-ring (bicyclic) bond motifs is 6. The van der Waals surface area contributed by atoms with Gasteiger partial charge in [-0.05, 0) is 85.0 Å². The van der Waals surface area contributed by atoms with E-state index in [1.807, 2.05) is 19.2 Å². The number of nitrogens with zero attached hydrogens (tertiary/aromatic N) is 4. The Kier molecular flexibility index (Phi) is 7.13. The molecule has 4 aliphatic carbocycles. The van der Waals surface area contributed by atoms with Crippen molar-refractivity contribution in [2.24, 2.45) is 34.5 Å². The highest BCUT2D eigenvalue weighted by atomic mass is 32.2. The molecule has 0 unspecified atom stereocenters. The molecule has 42 heavy (non-hydrogen) atoms. The number of nitriles is 1. The maximum Gasteiger partial charge on any atom is 0.306 e. The van der Waals surface area contributed by atoms with Crippen LogP contribution in [0.5, 0.6) is 0 Å². The van der Waals surface area contributed by atoms with E-state index in [0.717, 1.165) is 35.9 Å². The van der Waals surface area contributed by atoms with E-state index in [2.05, 4.69) is 30.0 Å². The minimum atomic E-state index is -1.36. The van der Waals surface area contributed by atoms with E-state index in [4.69, 9.17) is 4.74 Å². The highest BCUT2D eigenvalue weighted by molar-refractivity contribution is 8.14. The summed E-state index contributed by atoms with van der Waals surface area (Å²) in [4.78, 5) is 30.3. The lowest BCUT2D eigenvalue weighted by Crippen LogP contribution is -2.63. The van der Waals surface area contributed by atoms with Gasteiger partial charge in [0.25, 0.3) is 0 Å². The van der Waals surface area contributed by atoms with Crippen molar-refractivity contribution in [2.45, 2.75) is 77.9 Å². The van der Waals surface area contributed by atoms with Gasteiger partial charge in [0.1, 0.15) is 0 Å². The number of pyridine rings is 1. The fourth-order valence-corrected chi connectivity index (χ4v) is 10.1. The van der Waals surface area contributed by atoms with Crippen molar-refractivity contribution in [3.63, 3.8) is 0 Å². The summed E-state index contributed by atoms with van der Waals surface area (Å²) in [6.07, 6.45) is 8.04. The molecule has 0 saturated heterocycles. The number of carbonyl (C=O) groups excluding carboxylic acids is 2. The number of carbonyl (C=O) groups is 2. The zero-order valence-corrected chi connectivity index (χ0v) is 25.3. The van der Waals surface area contributed by atoms with Crippen LogP contribution in [0, 0.1) is 51.8 Å². The van der Waals surface area contributed by atoms with Crippen LogP contribution in [0.1, 0.15) is 71.1 Å². The number of aliphatic hydroxyl groups is 1. The maximum absolute atomic E-state index is 13.7. The highest BCUT2D eigenvalue weighted by Gasteiger charge is 2.71. The summed E-state index contributed by atoms with van der Waals surface area (Å²) in [5, 5.41) is 25.6. The minimum Gasteiger partial charge on any atom is -0.449 e. The molecule has 2 heterocycles. The molecule has 8 atom stereocenters. The van der Waals surface area contributed by atoms with Gasteiger partial charge in [-0.25, -0.2) is 9.67 Å². The fraction of sp³-hybridized carbons (Fsp3) is 0.594. The lowest BCUT2D eigenvalue weighted by molar-refractivity contribution is -0.197. The number of esters is 1. The lowest BCUT2D eigenvalue weighted by atomic mass is 9.44. The van der Waals surface area contributed by atoms with Crippen molar-refractivity contribution in [2.75, 3.05) is 5.75 Å². The number of aliphatic hydroxyl groups excluding tert-OH is 1. The largest absolute Gasteiger partial charge is 0.449 e. The average molecular weight is 593 g/mol. The van der Waals surface area contributed by atoms with E-state index in [0.29, 0.717) is 24.9 Å². The second kappa shape index (κ2) is 10.3. The summed E-state index contributed by atoms with van der Waals surface area (Å²) in [5.41, 5.74) is 1.57. The predicted molar refractivity (Wildman–Crippen MR) is 156 cm³/mol. The number of halogens is 1. The molecule has 2 aromatic rings. The van der Waals surface area contributed by atoms with E-state index in [1.165, 1.54) is 17.8 Å². The molecule has 3 fully saturated rings. The topological polar surface area (TPSA) is 118 Å². The molecule has 2 aromatic heterocycles. The average Bonchev–Trinajstić information content (AvgIpc) is 3.48.